The standard InChI is InChI=1S/C43H63N11O9/c1-4-26(2)35-40(60)49-30(21-20-27-14-7-5-8-15-27)37(57)51-33(25-34(55)46-3)39(59)50-32(24-28-16-9-6-10-17-28)36(56)47-22-12-11-18-29(38(58)54-35)52-43(63)53-31(41(61)62)19-13-23-48-42(44)45/h5-10,14-17,26,29-33,35H,4,11-13,18-25H2,1-3H3,(H,46,55)(H,47,56)(H,49,60)(H,50,59)(H,51,57)(H,54,58)(H,61,62)(H4,44,45,48)(H2,52,53,63). The highest BCUT2D eigenvalue weighted by molar-refractivity contribution is 5.98. The predicted octanol–water partition coefficient (Wildman–Crippen LogP) is -0.542. The number of nitrogens with zero attached hydrogens (tertiary/aromatic N) is 1. The second kappa shape index (κ2) is 26.6. The summed E-state index contributed by atoms with van der Waals surface area (Å²) < 4.78 is 0. The summed E-state index contributed by atoms with van der Waals surface area (Å²) in [4.78, 5) is 112. The van der Waals surface area contributed by atoms with E-state index < -0.39 is 96.0 Å². The zero-order valence-electron chi connectivity index (χ0n) is 36.1. The van der Waals surface area contributed by atoms with E-state index in [2.05, 4.69) is 47.5 Å². The highest BCUT2D eigenvalue weighted by atomic mass is 16.4. The quantitative estimate of drug-likeness (QED) is 0.0578. The number of amides is 8. The number of nitrogens with two attached hydrogens (primary N) is 2. The van der Waals surface area contributed by atoms with Crippen molar-refractivity contribution in [3.05, 3.63) is 71.8 Å². The highest BCUT2D eigenvalue weighted by Gasteiger charge is 2.35. The minimum absolute atomic E-state index is 0.0135. The third-order valence-corrected chi connectivity index (χ3v) is 10.6. The maximum atomic E-state index is 14.2. The van der Waals surface area contributed by atoms with Crippen molar-refractivity contribution in [2.45, 2.75) is 114 Å². The summed E-state index contributed by atoms with van der Waals surface area (Å²) in [7, 11) is 1.38. The molecule has 7 atom stereocenters. The lowest BCUT2D eigenvalue weighted by molar-refractivity contribution is -0.139. The Hall–Kier alpha value is -6.73. The molecule has 0 aliphatic carbocycles. The van der Waals surface area contributed by atoms with Crippen molar-refractivity contribution in [1.82, 2.24) is 42.5 Å². The number of rotatable bonds is 16. The van der Waals surface area contributed by atoms with E-state index in [0.717, 1.165) is 11.1 Å². The van der Waals surface area contributed by atoms with Crippen LogP contribution in [0.25, 0.3) is 0 Å². The number of guanidine groups is 1. The molecule has 20 heteroatoms. The van der Waals surface area contributed by atoms with E-state index in [-0.39, 0.29) is 57.6 Å². The summed E-state index contributed by atoms with van der Waals surface area (Å²) in [5.41, 5.74) is 12.3. The molecule has 0 radical (unpaired) electrons. The van der Waals surface area contributed by atoms with Crippen molar-refractivity contribution in [3.63, 3.8) is 0 Å². The average molecular weight is 878 g/mol. The van der Waals surface area contributed by atoms with Gasteiger partial charge < -0.3 is 59.1 Å². The van der Waals surface area contributed by atoms with Crippen LogP contribution in [0.3, 0.4) is 0 Å². The smallest absolute Gasteiger partial charge is 0.326 e. The molecule has 0 spiro atoms. The first-order valence-corrected chi connectivity index (χ1v) is 21.2. The van der Waals surface area contributed by atoms with Gasteiger partial charge in [0.1, 0.15) is 36.3 Å². The van der Waals surface area contributed by atoms with Gasteiger partial charge in [0.25, 0.3) is 0 Å². The molecule has 13 N–H and O–H groups in total. The van der Waals surface area contributed by atoms with Gasteiger partial charge in [-0.05, 0) is 62.0 Å². The second-order valence-electron chi connectivity index (χ2n) is 15.4. The van der Waals surface area contributed by atoms with Crippen LogP contribution in [0.15, 0.2) is 65.7 Å². The maximum absolute atomic E-state index is 14.2. The van der Waals surface area contributed by atoms with E-state index in [4.69, 9.17) is 11.5 Å². The van der Waals surface area contributed by atoms with Crippen LogP contribution in [-0.2, 0) is 46.4 Å². The normalized spacial score (nSPS) is 21.4. The number of carboxylic acid groups (broad SMARTS) is 1. The van der Waals surface area contributed by atoms with Crippen molar-refractivity contribution in [2.24, 2.45) is 22.4 Å². The molecular formula is C43H63N11O9. The first-order chi connectivity index (χ1) is 30.1. The van der Waals surface area contributed by atoms with Gasteiger partial charge in [0.2, 0.25) is 35.4 Å². The van der Waals surface area contributed by atoms with Crippen LogP contribution in [0.1, 0.15) is 76.3 Å². The highest BCUT2D eigenvalue weighted by Crippen LogP contribution is 2.14. The van der Waals surface area contributed by atoms with Gasteiger partial charge in [-0.25, -0.2) is 9.59 Å². The van der Waals surface area contributed by atoms with Crippen LogP contribution in [-0.4, -0.2) is 115 Å². The Bertz CT molecular complexity index is 1880. The fraction of sp³-hybridized carbons (Fsp3) is 0.512. The molecular weight excluding hydrogens is 815 g/mol. The number of carboxylic acids is 1. The minimum atomic E-state index is -1.45. The molecule has 1 fully saturated rings. The van der Waals surface area contributed by atoms with Gasteiger partial charge in [0.05, 0.1) is 6.42 Å². The Labute approximate surface area is 367 Å². The van der Waals surface area contributed by atoms with Crippen molar-refractivity contribution >= 4 is 53.4 Å². The molecule has 0 saturated carbocycles. The molecule has 20 nitrogen and oxygen atoms in total. The predicted molar refractivity (Wildman–Crippen MR) is 234 cm³/mol. The number of aliphatic imine (C=N–C) groups is 1. The summed E-state index contributed by atoms with van der Waals surface area (Å²) in [6.45, 7) is 3.76. The SMILES string of the molecule is CCC(C)C1NC(=O)C(NC(=O)NC(CCCN=C(N)N)C(=O)O)CCCCNC(=O)C(Cc2ccccc2)NC(=O)C(CC(=O)NC)NC(=O)C(CCc2ccccc2)NC1=O. The third kappa shape index (κ3) is 18.0. The van der Waals surface area contributed by atoms with Crippen LogP contribution in [0.2, 0.25) is 0 Å². The van der Waals surface area contributed by atoms with Gasteiger partial charge in [0.15, 0.2) is 5.96 Å². The monoisotopic (exact) mass is 877 g/mol. The number of carbonyl (C=O) groups is 8. The average Bonchev–Trinajstić information content (AvgIpc) is 3.26. The molecule has 63 heavy (non-hydrogen) atoms. The minimum Gasteiger partial charge on any atom is -0.480 e. The van der Waals surface area contributed by atoms with E-state index in [0.29, 0.717) is 19.3 Å². The van der Waals surface area contributed by atoms with E-state index in [1.54, 1.807) is 37.3 Å². The summed E-state index contributed by atoms with van der Waals surface area (Å²) in [5.74, 6) is -6.15. The van der Waals surface area contributed by atoms with Crippen molar-refractivity contribution in [2.75, 3.05) is 20.1 Å². The molecule has 1 aliphatic rings. The Morgan fingerprint density at radius 1 is 0.810 bits per heavy atom. The summed E-state index contributed by atoms with van der Waals surface area (Å²) >= 11 is 0. The maximum Gasteiger partial charge on any atom is 0.326 e. The largest absolute Gasteiger partial charge is 0.480 e. The van der Waals surface area contributed by atoms with Gasteiger partial charge in [0, 0.05) is 26.6 Å². The molecule has 1 saturated heterocycles. The van der Waals surface area contributed by atoms with Crippen LogP contribution in [0, 0.1) is 5.92 Å². The molecule has 2 aromatic rings. The number of urea groups is 1. The molecule has 344 valence electrons. The summed E-state index contributed by atoms with van der Waals surface area (Å²) in [6, 6.07) is 9.44. The molecule has 7 unspecified atom stereocenters. The Morgan fingerprint density at radius 2 is 1.43 bits per heavy atom. The van der Waals surface area contributed by atoms with Crippen LogP contribution >= 0.6 is 0 Å². The van der Waals surface area contributed by atoms with Crippen molar-refractivity contribution in [1.29, 1.82) is 0 Å². The van der Waals surface area contributed by atoms with Crippen molar-refractivity contribution < 1.29 is 43.5 Å². The fourth-order valence-corrected chi connectivity index (χ4v) is 6.74. The molecule has 2 aromatic carbocycles. The number of hydrogen-bond donors (Lipinski definition) is 11. The first kappa shape index (κ1) is 50.6. The Kier molecular flexibility index (Phi) is 21.4. The number of benzene rings is 2. The summed E-state index contributed by atoms with van der Waals surface area (Å²) in [6.07, 6.45) is 1.16. The lowest BCUT2D eigenvalue weighted by Gasteiger charge is -2.29. The number of aliphatic carboxylic acids is 1. The second-order valence-corrected chi connectivity index (χ2v) is 15.4. The summed E-state index contributed by atoms with van der Waals surface area (Å²) in [5, 5.41) is 30.8. The molecule has 0 bridgehead atoms. The van der Waals surface area contributed by atoms with Gasteiger partial charge in [-0.1, -0.05) is 80.9 Å². The van der Waals surface area contributed by atoms with E-state index in [1.165, 1.54) is 7.05 Å². The fourth-order valence-electron chi connectivity index (χ4n) is 6.74. The van der Waals surface area contributed by atoms with Crippen LogP contribution in [0.4, 0.5) is 4.79 Å². The van der Waals surface area contributed by atoms with Gasteiger partial charge in [-0.2, -0.15) is 0 Å². The van der Waals surface area contributed by atoms with Gasteiger partial charge in [-0.3, -0.25) is 33.8 Å². The lowest BCUT2D eigenvalue weighted by atomic mass is 9.96. The Balaban J connectivity index is 2.01. The number of nitrogens with one attached hydrogen (secondary N) is 8. The molecule has 3 rings (SSSR count). The molecule has 1 heterocycles. The molecule has 0 aromatic heterocycles. The lowest BCUT2D eigenvalue weighted by Crippen LogP contribution is -2.61. The van der Waals surface area contributed by atoms with Crippen LogP contribution in [0.5, 0.6) is 0 Å². The topological polar surface area (TPSA) is 317 Å². The zero-order chi connectivity index (χ0) is 46.3. The Morgan fingerprint density at radius 3 is 2.05 bits per heavy atom. The molecule has 1 aliphatic heterocycles. The van der Waals surface area contributed by atoms with Gasteiger partial charge in [-0.15, -0.1) is 0 Å². The van der Waals surface area contributed by atoms with Crippen LogP contribution < -0.4 is 54.0 Å². The number of hydrogen-bond acceptors (Lipinski definition) is 9. The van der Waals surface area contributed by atoms with E-state index >= 15 is 0 Å². The van der Waals surface area contributed by atoms with Gasteiger partial charge >= 0.3 is 12.0 Å². The van der Waals surface area contributed by atoms with Crippen molar-refractivity contribution in [3.8, 4) is 0 Å². The van der Waals surface area contributed by atoms with E-state index in [9.17, 15) is 43.5 Å². The first-order valence-electron chi connectivity index (χ1n) is 21.2. The molecule has 8 amide bonds. The number of carbonyl (C=O) groups excluding carboxylic acids is 7. The number of aryl methyl sites for hydroxylation is 1. The van der Waals surface area contributed by atoms with E-state index in [1.807, 2.05) is 37.3 Å². The third-order valence-electron chi connectivity index (χ3n) is 10.6. The zero-order valence-corrected chi connectivity index (χ0v) is 36.1.